The van der Waals surface area contributed by atoms with Crippen molar-refractivity contribution in [3.8, 4) is 0 Å². The molecule has 5 nitrogen and oxygen atoms in total. The number of benzene rings is 1. The minimum Gasteiger partial charge on any atom is -0.297 e. The molecule has 0 unspecified atom stereocenters. The number of imidazole rings is 1. The van der Waals surface area contributed by atoms with Gasteiger partial charge in [-0.15, -0.1) is 11.3 Å². The van der Waals surface area contributed by atoms with E-state index in [2.05, 4.69) is 4.98 Å². The lowest BCUT2D eigenvalue weighted by Gasteiger charge is -2.03. The number of fused-ring (bicyclic) bond motifs is 1. The Balaban J connectivity index is 1.90. The van der Waals surface area contributed by atoms with Gasteiger partial charge in [0.1, 0.15) is 0 Å². The molecule has 3 aromatic rings. The molecule has 2 heterocycles. The van der Waals surface area contributed by atoms with Crippen LogP contribution >= 0.6 is 11.3 Å². The van der Waals surface area contributed by atoms with Gasteiger partial charge in [0.2, 0.25) is 0 Å². The van der Waals surface area contributed by atoms with Crippen LogP contribution in [0.3, 0.4) is 0 Å². The van der Waals surface area contributed by atoms with Crippen molar-refractivity contribution < 1.29 is 4.92 Å². The Morgan fingerprint density at radius 1 is 1.47 bits per heavy atom. The Bertz CT molecular complexity index is 732. The molecule has 0 atom stereocenters. The minimum atomic E-state index is -0.372. The van der Waals surface area contributed by atoms with Crippen LogP contribution < -0.4 is 0 Å². The highest BCUT2D eigenvalue weighted by Crippen LogP contribution is 2.20. The molecule has 0 saturated heterocycles. The van der Waals surface area contributed by atoms with Gasteiger partial charge in [0.25, 0.3) is 5.69 Å². The number of non-ortho nitro benzene ring substituents is 1. The standard InChI is InChI=1S/C13H11N3O2S/c1-9-6-12(16(17)18)3-2-10(9)7-11-8-15-4-5-19-13(15)14-11/h2-6,8H,7H2,1H3. The number of nitro groups is 1. The monoisotopic (exact) mass is 273 g/mol. The van der Waals surface area contributed by atoms with Crippen LogP contribution in [0.25, 0.3) is 4.96 Å². The maximum Gasteiger partial charge on any atom is 0.269 e. The second-order valence-corrected chi connectivity index (χ2v) is 5.24. The van der Waals surface area contributed by atoms with Crippen molar-refractivity contribution in [2.75, 3.05) is 0 Å². The van der Waals surface area contributed by atoms with E-state index in [0.717, 1.165) is 21.8 Å². The lowest BCUT2D eigenvalue weighted by molar-refractivity contribution is -0.384. The normalized spacial score (nSPS) is 11.0. The van der Waals surface area contributed by atoms with Gasteiger partial charge in [0, 0.05) is 36.3 Å². The van der Waals surface area contributed by atoms with Crippen molar-refractivity contribution in [3.63, 3.8) is 0 Å². The predicted octanol–water partition coefficient (Wildman–Crippen LogP) is 3.20. The molecule has 0 saturated carbocycles. The molecule has 19 heavy (non-hydrogen) atoms. The second-order valence-electron chi connectivity index (χ2n) is 4.37. The first-order chi connectivity index (χ1) is 9.13. The molecule has 6 heteroatoms. The van der Waals surface area contributed by atoms with Crippen LogP contribution in [-0.4, -0.2) is 14.3 Å². The summed E-state index contributed by atoms with van der Waals surface area (Å²) < 4.78 is 1.99. The Labute approximate surface area is 113 Å². The molecular formula is C13H11N3O2S. The van der Waals surface area contributed by atoms with Crippen LogP contribution in [0.5, 0.6) is 0 Å². The van der Waals surface area contributed by atoms with E-state index in [-0.39, 0.29) is 10.6 Å². The molecule has 96 valence electrons. The van der Waals surface area contributed by atoms with Gasteiger partial charge in [-0.2, -0.15) is 0 Å². The van der Waals surface area contributed by atoms with Gasteiger partial charge < -0.3 is 0 Å². The van der Waals surface area contributed by atoms with Gasteiger partial charge in [-0.3, -0.25) is 14.5 Å². The van der Waals surface area contributed by atoms with Gasteiger partial charge >= 0.3 is 0 Å². The van der Waals surface area contributed by atoms with Crippen molar-refractivity contribution in [1.29, 1.82) is 0 Å². The summed E-state index contributed by atoms with van der Waals surface area (Å²) in [7, 11) is 0. The maximum atomic E-state index is 10.7. The fraction of sp³-hybridized carbons (Fsp3) is 0.154. The van der Waals surface area contributed by atoms with E-state index < -0.39 is 0 Å². The summed E-state index contributed by atoms with van der Waals surface area (Å²) in [5.41, 5.74) is 3.10. The molecule has 0 N–H and O–H groups in total. The van der Waals surface area contributed by atoms with Crippen molar-refractivity contribution in [2.24, 2.45) is 0 Å². The maximum absolute atomic E-state index is 10.7. The third-order valence-corrected chi connectivity index (χ3v) is 3.82. The number of rotatable bonds is 3. The highest BCUT2D eigenvalue weighted by molar-refractivity contribution is 7.15. The molecule has 3 rings (SSSR count). The summed E-state index contributed by atoms with van der Waals surface area (Å²) in [5, 5.41) is 12.7. The summed E-state index contributed by atoms with van der Waals surface area (Å²) in [6.45, 7) is 1.89. The number of aryl methyl sites for hydroxylation is 1. The zero-order valence-corrected chi connectivity index (χ0v) is 11.1. The average molecular weight is 273 g/mol. The number of aromatic nitrogens is 2. The van der Waals surface area contributed by atoms with Gasteiger partial charge in [-0.05, 0) is 18.1 Å². The van der Waals surface area contributed by atoms with Crippen LogP contribution in [0.15, 0.2) is 36.0 Å². The summed E-state index contributed by atoms with van der Waals surface area (Å²) in [4.78, 5) is 15.8. The highest BCUT2D eigenvalue weighted by atomic mass is 32.1. The third-order valence-electron chi connectivity index (χ3n) is 3.05. The lowest BCUT2D eigenvalue weighted by Crippen LogP contribution is -1.95. The van der Waals surface area contributed by atoms with E-state index in [1.54, 1.807) is 29.5 Å². The van der Waals surface area contributed by atoms with Crippen molar-refractivity contribution in [3.05, 3.63) is 62.9 Å². The van der Waals surface area contributed by atoms with E-state index in [0.29, 0.717) is 6.42 Å². The molecule has 0 fully saturated rings. The van der Waals surface area contributed by atoms with E-state index in [1.807, 2.05) is 29.1 Å². The number of hydrogen-bond donors (Lipinski definition) is 0. The molecule has 0 spiro atoms. The van der Waals surface area contributed by atoms with Crippen LogP contribution in [-0.2, 0) is 6.42 Å². The molecule has 2 aromatic heterocycles. The lowest BCUT2D eigenvalue weighted by atomic mass is 10.0. The van der Waals surface area contributed by atoms with E-state index in [4.69, 9.17) is 0 Å². The Kier molecular flexibility index (Phi) is 2.79. The average Bonchev–Trinajstić information content (AvgIpc) is 2.92. The van der Waals surface area contributed by atoms with Crippen LogP contribution in [0, 0.1) is 17.0 Å². The quantitative estimate of drug-likeness (QED) is 0.544. The first-order valence-corrected chi connectivity index (χ1v) is 6.66. The van der Waals surface area contributed by atoms with Crippen molar-refractivity contribution in [1.82, 2.24) is 9.38 Å². The topological polar surface area (TPSA) is 60.4 Å². The smallest absolute Gasteiger partial charge is 0.269 e. The van der Waals surface area contributed by atoms with Gasteiger partial charge in [-0.1, -0.05) is 6.07 Å². The van der Waals surface area contributed by atoms with Gasteiger partial charge in [0.05, 0.1) is 10.6 Å². The molecule has 0 aliphatic carbocycles. The number of nitro benzene ring substituents is 1. The second kappa shape index (κ2) is 4.47. The Morgan fingerprint density at radius 3 is 3.00 bits per heavy atom. The molecule has 0 aliphatic heterocycles. The first kappa shape index (κ1) is 11.9. The zero-order chi connectivity index (χ0) is 13.4. The summed E-state index contributed by atoms with van der Waals surface area (Å²) in [6.07, 6.45) is 4.66. The molecule has 0 aliphatic rings. The number of thiazole rings is 1. The number of nitrogens with zero attached hydrogens (tertiary/aromatic N) is 3. The summed E-state index contributed by atoms with van der Waals surface area (Å²) in [6, 6.07) is 4.95. The Morgan fingerprint density at radius 2 is 2.32 bits per heavy atom. The fourth-order valence-electron chi connectivity index (χ4n) is 2.05. The SMILES string of the molecule is Cc1cc([N+](=O)[O-])ccc1Cc1cn2ccsc2n1. The number of hydrogen-bond acceptors (Lipinski definition) is 4. The van der Waals surface area contributed by atoms with Crippen LogP contribution in [0.2, 0.25) is 0 Å². The van der Waals surface area contributed by atoms with Gasteiger partial charge in [-0.25, -0.2) is 4.98 Å². The molecule has 0 amide bonds. The van der Waals surface area contributed by atoms with Crippen LogP contribution in [0.1, 0.15) is 16.8 Å². The van der Waals surface area contributed by atoms with E-state index in [9.17, 15) is 10.1 Å². The van der Waals surface area contributed by atoms with Crippen LogP contribution in [0.4, 0.5) is 5.69 Å². The molecule has 0 radical (unpaired) electrons. The predicted molar refractivity (Wildman–Crippen MR) is 73.7 cm³/mol. The highest BCUT2D eigenvalue weighted by Gasteiger charge is 2.10. The summed E-state index contributed by atoms with van der Waals surface area (Å²) in [5.74, 6) is 0. The molecular weight excluding hydrogens is 262 g/mol. The van der Waals surface area contributed by atoms with Gasteiger partial charge in [0.15, 0.2) is 4.96 Å². The van der Waals surface area contributed by atoms with E-state index >= 15 is 0 Å². The molecule has 0 bridgehead atoms. The largest absolute Gasteiger partial charge is 0.297 e. The van der Waals surface area contributed by atoms with Crippen molar-refractivity contribution in [2.45, 2.75) is 13.3 Å². The fourth-order valence-corrected chi connectivity index (χ4v) is 2.77. The first-order valence-electron chi connectivity index (χ1n) is 5.78. The zero-order valence-electron chi connectivity index (χ0n) is 10.2. The van der Waals surface area contributed by atoms with E-state index in [1.165, 1.54) is 0 Å². The summed E-state index contributed by atoms with van der Waals surface area (Å²) >= 11 is 1.59. The third kappa shape index (κ3) is 2.22. The minimum absolute atomic E-state index is 0.132. The van der Waals surface area contributed by atoms with Crippen molar-refractivity contribution >= 4 is 22.0 Å². The molecule has 1 aromatic carbocycles. The Hall–Kier alpha value is -2.21.